The second kappa shape index (κ2) is 18.9. The highest BCUT2D eigenvalue weighted by atomic mass is 32.1. The largest absolute Gasteiger partial charge is 0.458 e. The van der Waals surface area contributed by atoms with Gasteiger partial charge in [0.25, 0.3) is 0 Å². The average Bonchev–Trinajstić information content (AvgIpc) is 3.70. The minimum atomic E-state index is -1.18. The second-order valence-corrected chi connectivity index (χ2v) is 18.9. The lowest BCUT2D eigenvalue weighted by molar-refractivity contribution is -0.286. The highest BCUT2D eigenvalue weighted by Gasteiger charge is 2.60. The van der Waals surface area contributed by atoms with Crippen molar-refractivity contribution in [2.45, 2.75) is 129 Å². The average molecular weight is 847 g/mol. The number of aliphatic imine (C=N–C) groups is 1. The number of carbonyl (C=O) groups is 3. The van der Waals surface area contributed by atoms with Crippen LogP contribution >= 0.6 is 11.3 Å². The van der Waals surface area contributed by atoms with Crippen molar-refractivity contribution in [1.29, 1.82) is 0 Å². The molecule has 4 aliphatic rings. The maximum Gasteiger partial charge on any atom is 0.410 e. The summed E-state index contributed by atoms with van der Waals surface area (Å²) < 4.78 is 25.6. The van der Waals surface area contributed by atoms with Gasteiger partial charge >= 0.3 is 12.1 Å². The summed E-state index contributed by atoms with van der Waals surface area (Å²) in [5, 5.41) is 15.9. The molecule has 1 unspecified atom stereocenters. The smallest absolute Gasteiger partial charge is 0.410 e. The Morgan fingerprint density at radius 2 is 1.80 bits per heavy atom. The van der Waals surface area contributed by atoms with Crippen LogP contribution < -0.4 is 4.84 Å². The van der Waals surface area contributed by atoms with Crippen LogP contribution in [0.1, 0.15) is 90.8 Å². The summed E-state index contributed by atoms with van der Waals surface area (Å²) in [7, 11) is 3.83. The van der Waals surface area contributed by atoms with E-state index in [0.29, 0.717) is 44.5 Å². The fourth-order valence-corrected chi connectivity index (χ4v) is 10.7. The number of aliphatic hydroxyl groups is 1. The number of carbonyl (C=O) groups excluding carboxylic acids is 3. The molecule has 5 heterocycles. The summed E-state index contributed by atoms with van der Waals surface area (Å²) in [4.78, 5) is 58.2. The maximum atomic E-state index is 14.7. The summed E-state index contributed by atoms with van der Waals surface area (Å²) in [5.41, 5.74) is -1.13. The number of hydrogen-bond donors (Lipinski definition) is 1. The third kappa shape index (κ3) is 9.50. The first-order chi connectivity index (χ1) is 28.5. The second-order valence-electron chi connectivity index (χ2n) is 17.7. The van der Waals surface area contributed by atoms with E-state index in [0.717, 1.165) is 15.5 Å². The van der Waals surface area contributed by atoms with Gasteiger partial charge in [-0.3, -0.25) is 19.5 Å². The molecule has 1 N–H and O–H groups in total. The first-order valence-corrected chi connectivity index (χ1v) is 22.1. The van der Waals surface area contributed by atoms with Gasteiger partial charge in [-0.05, 0) is 84.3 Å². The fraction of sp³-hybridized carbons (Fsp3) is 0.630. The number of amides is 1. The minimum Gasteiger partial charge on any atom is -0.458 e. The summed E-state index contributed by atoms with van der Waals surface area (Å²) in [6.07, 6.45) is -1.05. The number of fused-ring (bicyclic) bond motifs is 1. The molecule has 2 aromatic rings. The van der Waals surface area contributed by atoms with E-state index in [1.54, 1.807) is 25.0 Å². The number of para-hydroxylation sites is 1. The Labute approximate surface area is 358 Å². The molecular weight excluding hydrogens is 785 g/mol. The van der Waals surface area contributed by atoms with Crippen LogP contribution in [0.3, 0.4) is 0 Å². The molecule has 1 amide bonds. The van der Waals surface area contributed by atoms with Gasteiger partial charge in [0.15, 0.2) is 23.4 Å². The van der Waals surface area contributed by atoms with E-state index in [4.69, 9.17) is 28.8 Å². The number of esters is 1. The quantitative estimate of drug-likeness (QED) is 0.101. The molecule has 3 saturated heterocycles. The number of nitrogens with zero attached hydrogens (tertiary/aromatic N) is 4. The number of likely N-dealkylation sites (N-methyl/N-ethyl adjacent to an activating group) is 1. The van der Waals surface area contributed by atoms with Gasteiger partial charge in [0, 0.05) is 42.0 Å². The van der Waals surface area contributed by atoms with E-state index in [9.17, 15) is 19.5 Å². The van der Waals surface area contributed by atoms with E-state index in [-0.39, 0.29) is 29.8 Å². The standard InChI is InChI=1S/C46H62N4O9S/c1-11-36-46(8)40-29(4)37(47-22-23-50(40)44(54)58-46)27(2)25-45(7,21-15-18-33-19-20-34(60-33)26-48-59-32-16-13-12-14-17-32)41(30(5)38(51)31(6)42(53)56-36)57-43-39(52)35(49(9)10)24-28(3)55-43/h12-14,16-17,19-20,26-31,35-36,39-41,43,52H,11,21-25H2,1-10H3/b48-26-/t27-,28-,29+,30+,31-,35+,36-,39-,40-,41-,43?,45+,46-/m1/s1. The van der Waals surface area contributed by atoms with Crippen molar-refractivity contribution in [3.05, 3.63) is 52.2 Å². The van der Waals surface area contributed by atoms with Crippen molar-refractivity contribution >= 4 is 41.1 Å². The number of Topliss-reactive ketones (excluding diaryl/α,β-unsaturated/α-hetero) is 1. The number of oxime groups is 1. The number of ether oxygens (including phenoxy) is 4. The SMILES string of the molecule is CC[C@H]1OC(=O)[C@H](C)C(=O)[C@H](C)[C@@H](OC2O[C@H](C)C[C@H](N(C)C)[C@H]2O)[C@@](C)(CC#Cc2ccc(/C=N\Oc3ccccc3)s2)C[C@@H](C)C2=NCCN3C(=O)O[C@@]1(C)[C@H]3[C@H]2C. The van der Waals surface area contributed by atoms with E-state index >= 15 is 0 Å². The summed E-state index contributed by atoms with van der Waals surface area (Å²) >= 11 is 1.47. The van der Waals surface area contributed by atoms with Gasteiger partial charge < -0.3 is 33.8 Å². The summed E-state index contributed by atoms with van der Waals surface area (Å²) in [6.45, 7) is 16.0. The van der Waals surface area contributed by atoms with Crippen molar-refractivity contribution in [3.63, 3.8) is 0 Å². The minimum absolute atomic E-state index is 0.164. The lowest BCUT2D eigenvalue weighted by Gasteiger charge is -2.47. The van der Waals surface area contributed by atoms with E-state index in [1.165, 1.54) is 11.3 Å². The molecule has 0 radical (unpaired) electrons. The molecule has 1 aromatic heterocycles. The maximum absolute atomic E-state index is 14.7. The molecule has 0 saturated carbocycles. The Bertz CT molecular complexity index is 1980. The number of cyclic esters (lactones) is 1. The zero-order chi connectivity index (χ0) is 43.5. The molecule has 13 nitrogen and oxygen atoms in total. The highest BCUT2D eigenvalue weighted by Crippen LogP contribution is 2.46. The van der Waals surface area contributed by atoms with E-state index in [1.807, 2.05) is 82.2 Å². The highest BCUT2D eigenvalue weighted by molar-refractivity contribution is 7.14. The number of hydrogen-bond acceptors (Lipinski definition) is 13. The molecule has 0 spiro atoms. The number of benzene rings is 1. The molecular formula is C46H62N4O9S. The van der Waals surface area contributed by atoms with Gasteiger partial charge in [-0.25, -0.2) is 4.79 Å². The molecule has 3 fully saturated rings. The molecule has 13 atom stereocenters. The van der Waals surface area contributed by atoms with Gasteiger partial charge in [-0.15, -0.1) is 11.3 Å². The van der Waals surface area contributed by atoms with Crippen LogP contribution in [-0.2, 0) is 28.5 Å². The van der Waals surface area contributed by atoms with Gasteiger partial charge in [0.2, 0.25) is 0 Å². The molecule has 14 heteroatoms. The molecule has 1 aromatic carbocycles. The van der Waals surface area contributed by atoms with Crippen molar-refractivity contribution in [3.8, 4) is 17.6 Å². The van der Waals surface area contributed by atoms with Crippen molar-refractivity contribution < 1.29 is 43.3 Å². The fourth-order valence-electron chi connectivity index (χ4n) is 9.91. The first-order valence-electron chi connectivity index (χ1n) is 21.2. The molecule has 4 aliphatic heterocycles. The van der Waals surface area contributed by atoms with Crippen LogP contribution in [0, 0.1) is 40.9 Å². The third-order valence-electron chi connectivity index (χ3n) is 12.9. The van der Waals surface area contributed by atoms with Crippen molar-refractivity contribution in [2.75, 3.05) is 27.2 Å². The van der Waals surface area contributed by atoms with Crippen LogP contribution in [0.25, 0.3) is 0 Å². The van der Waals surface area contributed by atoms with E-state index < -0.39 is 65.6 Å². The van der Waals surface area contributed by atoms with Gasteiger partial charge in [-0.1, -0.05) is 69.8 Å². The lowest BCUT2D eigenvalue weighted by Crippen LogP contribution is -2.58. The van der Waals surface area contributed by atoms with Crippen LogP contribution in [0.2, 0.25) is 0 Å². The number of rotatable bonds is 8. The topological polar surface area (TPSA) is 149 Å². The van der Waals surface area contributed by atoms with Gasteiger partial charge in [0.1, 0.15) is 18.1 Å². The van der Waals surface area contributed by atoms with Crippen LogP contribution in [0.5, 0.6) is 5.75 Å². The Balaban J connectivity index is 1.40. The summed E-state index contributed by atoms with van der Waals surface area (Å²) in [5.74, 6) is 3.90. The third-order valence-corrected chi connectivity index (χ3v) is 13.9. The number of thiophene rings is 1. The Morgan fingerprint density at radius 1 is 1.07 bits per heavy atom. The van der Waals surface area contributed by atoms with Crippen molar-refractivity contribution in [2.24, 2.45) is 39.2 Å². The Hall–Kier alpha value is -4.13. The van der Waals surface area contributed by atoms with E-state index in [2.05, 4.69) is 37.8 Å². The molecule has 2 bridgehead atoms. The first kappa shape index (κ1) is 45.4. The molecule has 326 valence electrons. The summed E-state index contributed by atoms with van der Waals surface area (Å²) in [6, 6.07) is 12.5. The zero-order valence-electron chi connectivity index (χ0n) is 36.6. The van der Waals surface area contributed by atoms with Crippen LogP contribution in [0.4, 0.5) is 4.79 Å². The predicted octanol–water partition coefficient (Wildman–Crippen LogP) is 6.59. The molecule has 6 rings (SSSR count). The van der Waals surface area contributed by atoms with Gasteiger partial charge in [0.05, 0.1) is 40.8 Å². The lowest BCUT2D eigenvalue weighted by atomic mass is 9.66. The van der Waals surface area contributed by atoms with Crippen LogP contribution in [0.15, 0.2) is 52.6 Å². The van der Waals surface area contributed by atoms with Gasteiger partial charge in [-0.2, -0.15) is 0 Å². The predicted molar refractivity (Wildman–Crippen MR) is 230 cm³/mol. The number of aliphatic hydroxyl groups excluding tert-OH is 1. The monoisotopic (exact) mass is 846 g/mol. The molecule has 0 aliphatic carbocycles. The van der Waals surface area contributed by atoms with Crippen LogP contribution in [-0.4, -0.2) is 120 Å². The Morgan fingerprint density at radius 3 is 2.50 bits per heavy atom. The zero-order valence-corrected chi connectivity index (χ0v) is 37.4. The van der Waals surface area contributed by atoms with Crippen molar-refractivity contribution in [1.82, 2.24) is 9.80 Å². The normalized spacial score (nSPS) is 36.5. The Kier molecular flexibility index (Phi) is 14.3. The number of ketones is 1. The molecule has 60 heavy (non-hydrogen) atoms.